The molecule has 0 saturated carbocycles. The first-order valence-corrected chi connectivity index (χ1v) is 9.16. The van der Waals surface area contributed by atoms with Crippen molar-refractivity contribution in [3.63, 3.8) is 0 Å². The largest absolute Gasteiger partial charge is 0.467 e. The van der Waals surface area contributed by atoms with Gasteiger partial charge in [-0.1, -0.05) is 11.6 Å². The van der Waals surface area contributed by atoms with Gasteiger partial charge in [0.15, 0.2) is 5.69 Å². The van der Waals surface area contributed by atoms with Gasteiger partial charge in [0.2, 0.25) is 0 Å². The maximum atomic E-state index is 13.1. The third-order valence-electron chi connectivity index (χ3n) is 4.54. The Hall–Kier alpha value is -2.08. The Bertz CT molecular complexity index is 663. The fraction of sp³-hybridized carbons (Fsp3) is 0.579. The smallest absolute Gasteiger partial charge is 0.276 e. The van der Waals surface area contributed by atoms with Crippen LogP contribution in [0.4, 0.5) is 0 Å². The van der Waals surface area contributed by atoms with Gasteiger partial charge in [-0.05, 0) is 44.7 Å². The Morgan fingerprint density at radius 3 is 3.00 bits per heavy atom. The van der Waals surface area contributed by atoms with Crippen LogP contribution in [-0.4, -0.2) is 35.7 Å². The third kappa shape index (κ3) is 4.51. The van der Waals surface area contributed by atoms with E-state index in [4.69, 9.17) is 13.7 Å². The highest BCUT2D eigenvalue weighted by Gasteiger charge is 2.27. The van der Waals surface area contributed by atoms with Gasteiger partial charge in [0.1, 0.15) is 11.5 Å². The molecule has 0 atom stereocenters. The van der Waals surface area contributed by atoms with Crippen molar-refractivity contribution in [3.05, 3.63) is 41.2 Å². The van der Waals surface area contributed by atoms with Crippen LogP contribution < -0.4 is 0 Å². The molecule has 1 aliphatic carbocycles. The molecule has 136 valence electrons. The number of nitrogens with zero attached hydrogens (tertiary/aromatic N) is 2. The molecule has 2 aromatic rings. The number of rotatable bonds is 8. The number of aromatic nitrogens is 1. The molecule has 1 amide bonds. The molecule has 0 saturated heterocycles. The molecule has 0 N–H and O–H groups in total. The predicted molar refractivity (Wildman–Crippen MR) is 92.3 cm³/mol. The van der Waals surface area contributed by atoms with Crippen LogP contribution in [-0.2, 0) is 24.1 Å². The van der Waals surface area contributed by atoms with Crippen LogP contribution in [0, 0.1) is 0 Å². The van der Waals surface area contributed by atoms with Crippen LogP contribution in [0.25, 0.3) is 0 Å². The maximum absolute atomic E-state index is 13.1. The zero-order valence-corrected chi connectivity index (χ0v) is 14.8. The fourth-order valence-electron chi connectivity index (χ4n) is 3.22. The van der Waals surface area contributed by atoms with E-state index in [2.05, 4.69) is 5.16 Å². The molecule has 0 aromatic carbocycles. The van der Waals surface area contributed by atoms with E-state index < -0.39 is 0 Å². The first-order valence-electron chi connectivity index (χ1n) is 9.16. The third-order valence-corrected chi connectivity index (χ3v) is 4.54. The van der Waals surface area contributed by atoms with Crippen molar-refractivity contribution in [2.45, 2.75) is 52.0 Å². The lowest BCUT2D eigenvalue weighted by Crippen LogP contribution is -2.33. The van der Waals surface area contributed by atoms with Crippen molar-refractivity contribution in [1.82, 2.24) is 10.1 Å². The van der Waals surface area contributed by atoms with Crippen LogP contribution in [0.3, 0.4) is 0 Å². The molecule has 0 bridgehead atoms. The summed E-state index contributed by atoms with van der Waals surface area (Å²) in [7, 11) is 0. The molecule has 3 rings (SSSR count). The van der Waals surface area contributed by atoms with Gasteiger partial charge in [0.25, 0.3) is 5.91 Å². The average Bonchev–Trinajstić information content (AvgIpc) is 3.22. The zero-order chi connectivity index (χ0) is 17.5. The van der Waals surface area contributed by atoms with Gasteiger partial charge < -0.3 is 18.6 Å². The number of carbonyl (C=O) groups is 1. The topological polar surface area (TPSA) is 68.7 Å². The Morgan fingerprint density at radius 2 is 2.20 bits per heavy atom. The van der Waals surface area contributed by atoms with Gasteiger partial charge >= 0.3 is 0 Å². The number of ether oxygens (including phenoxy) is 1. The molecule has 0 unspecified atom stereocenters. The lowest BCUT2D eigenvalue weighted by Gasteiger charge is -2.21. The van der Waals surface area contributed by atoms with E-state index in [1.165, 1.54) is 6.42 Å². The molecule has 2 heterocycles. The van der Waals surface area contributed by atoms with Gasteiger partial charge in [0.05, 0.1) is 12.8 Å². The van der Waals surface area contributed by atoms with E-state index in [9.17, 15) is 4.79 Å². The Balaban J connectivity index is 1.74. The van der Waals surface area contributed by atoms with E-state index in [1.807, 2.05) is 19.1 Å². The normalized spacial score (nSPS) is 14.1. The summed E-state index contributed by atoms with van der Waals surface area (Å²) in [6, 6.07) is 3.71. The summed E-state index contributed by atoms with van der Waals surface area (Å²) in [5.41, 5.74) is 1.47. The summed E-state index contributed by atoms with van der Waals surface area (Å²) < 4.78 is 16.3. The molecule has 0 aliphatic heterocycles. The number of fused-ring (bicyclic) bond motifs is 1. The Labute approximate surface area is 148 Å². The van der Waals surface area contributed by atoms with Crippen molar-refractivity contribution in [1.29, 1.82) is 0 Å². The number of aryl methyl sites for hydroxylation is 1. The highest BCUT2D eigenvalue weighted by Crippen LogP contribution is 2.25. The molecule has 1 aliphatic rings. The first kappa shape index (κ1) is 17.7. The number of amides is 1. The van der Waals surface area contributed by atoms with E-state index >= 15 is 0 Å². The molecule has 0 fully saturated rings. The quantitative estimate of drug-likeness (QED) is 0.539. The van der Waals surface area contributed by atoms with E-state index in [-0.39, 0.29) is 5.91 Å². The van der Waals surface area contributed by atoms with Gasteiger partial charge in [-0.15, -0.1) is 0 Å². The summed E-state index contributed by atoms with van der Waals surface area (Å²) >= 11 is 0. The minimum absolute atomic E-state index is 0.0835. The second kappa shape index (κ2) is 8.85. The van der Waals surface area contributed by atoms with E-state index in [1.54, 1.807) is 11.2 Å². The summed E-state index contributed by atoms with van der Waals surface area (Å²) in [6.07, 6.45) is 7.49. The monoisotopic (exact) mass is 346 g/mol. The molecule has 6 heteroatoms. The van der Waals surface area contributed by atoms with Crippen LogP contribution in [0.15, 0.2) is 27.3 Å². The average molecular weight is 346 g/mol. The number of carbonyl (C=O) groups excluding carboxylic acids is 1. The van der Waals surface area contributed by atoms with E-state index in [0.717, 1.165) is 49.2 Å². The number of furan rings is 1. The second-order valence-electron chi connectivity index (χ2n) is 6.35. The molecular formula is C19H26N2O4. The number of hydrogen-bond donors (Lipinski definition) is 0. The first-order chi connectivity index (χ1) is 12.3. The Kier molecular flexibility index (Phi) is 6.28. The zero-order valence-electron chi connectivity index (χ0n) is 14.8. The lowest BCUT2D eigenvalue weighted by molar-refractivity contribution is 0.0688. The van der Waals surface area contributed by atoms with E-state index in [0.29, 0.717) is 32.0 Å². The highest BCUT2D eigenvalue weighted by atomic mass is 16.5. The predicted octanol–water partition coefficient (Wildman–Crippen LogP) is 3.61. The standard InChI is InChI=1S/C19H26N2O4/c1-2-23-12-7-11-21(14-15-8-6-13-24-15)19(22)18-16-9-4-3-5-10-17(16)25-20-18/h6,8,13H,2-5,7,9-12,14H2,1H3. The van der Waals surface area contributed by atoms with Crippen LogP contribution >= 0.6 is 0 Å². The summed E-state index contributed by atoms with van der Waals surface area (Å²) in [5, 5.41) is 4.11. The molecule has 0 spiro atoms. The highest BCUT2D eigenvalue weighted by molar-refractivity contribution is 5.93. The van der Waals surface area contributed by atoms with Crippen LogP contribution in [0.1, 0.15) is 60.2 Å². The molecule has 0 radical (unpaired) electrons. The molecule has 2 aromatic heterocycles. The number of hydrogen-bond acceptors (Lipinski definition) is 5. The van der Waals surface area contributed by atoms with Gasteiger partial charge in [-0.25, -0.2) is 0 Å². The van der Waals surface area contributed by atoms with Crippen molar-refractivity contribution in [3.8, 4) is 0 Å². The molecule has 25 heavy (non-hydrogen) atoms. The van der Waals surface area contributed by atoms with Gasteiger partial charge in [-0.3, -0.25) is 4.79 Å². The summed E-state index contributed by atoms with van der Waals surface area (Å²) in [5.74, 6) is 1.56. The fourth-order valence-corrected chi connectivity index (χ4v) is 3.22. The molecule has 6 nitrogen and oxygen atoms in total. The second-order valence-corrected chi connectivity index (χ2v) is 6.35. The summed E-state index contributed by atoms with van der Waals surface area (Å²) in [4.78, 5) is 14.9. The Morgan fingerprint density at radius 1 is 1.32 bits per heavy atom. The molecular weight excluding hydrogens is 320 g/mol. The van der Waals surface area contributed by atoms with Crippen molar-refractivity contribution in [2.24, 2.45) is 0 Å². The SMILES string of the molecule is CCOCCCN(Cc1ccco1)C(=O)c1noc2c1CCCCC2. The van der Waals surface area contributed by atoms with Gasteiger partial charge in [0, 0.05) is 31.7 Å². The van der Waals surface area contributed by atoms with Crippen molar-refractivity contribution >= 4 is 5.91 Å². The maximum Gasteiger partial charge on any atom is 0.276 e. The van der Waals surface area contributed by atoms with Gasteiger partial charge in [-0.2, -0.15) is 0 Å². The lowest BCUT2D eigenvalue weighted by atomic mass is 10.1. The minimum atomic E-state index is -0.0835. The van der Waals surface area contributed by atoms with Crippen LogP contribution in [0.5, 0.6) is 0 Å². The summed E-state index contributed by atoms with van der Waals surface area (Å²) in [6.45, 7) is 4.31. The van der Waals surface area contributed by atoms with Crippen molar-refractivity contribution in [2.75, 3.05) is 19.8 Å². The minimum Gasteiger partial charge on any atom is -0.467 e. The van der Waals surface area contributed by atoms with Crippen LogP contribution in [0.2, 0.25) is 0 Å². The van der Waals surface area contributed by atoms with Crippen molar-refractivity contribution < 1.29 is 18.5 Å².